The van der Waals surface area contributed by atoms with Crippen LogP contribution in [0.4, 0.5) is 5.69 Å². The van der Waals surface area contributed by atoms with Crippen molar-refractivity contribution in [3.63, 3.8) is 0 Å². The van der Waals surface area contributed by atoms with Gasteiger partial charge in [0.1, 0.15) is 5.82 Å². The Morgan fingerprint density at radius 1 is 1.13 bits per heavy atom. The maximum Gasteiger partial charge on any atom is 0.261 e. The number of para-hydroxylation sites is 1. The highest BCUT2D eigenvalue weighted by atomic mass is 79.9. The molecule has 1 amide bonds. The zero-order valence-electron chi connectivity index (χ0n) is 16.6. The van der Waals surface area contributed by atoms with Crippen LogP contribution in [0.25, 0.3) is 22.6 Å². The number of hydrogen-bond acceptors (Lipinski definition) is 4. The van der Waals surface area contributed by atoms with Gasteiger partial charge in [0.25, 0.3) is 11.5 Å². The van der Waals surface area contributed by atoms with Gasteiger partial charge in [0.05, 0.1) is 22.2 Å². The van der Waals surface area contributed by atoms with Crippen molar-refractivity contribution in [1.29, 1.82) is 0 Å². The standard InChI is InChI=1S/C23H22BrN3O3/c1-2-10-26-20-9-8-15(24)13-17(20)18(23(26)30)14-21-25-19-7-4-3-6-16(19)22(29)27(21)11-5-12-28/h3-4,6-9,13-14,28H,2,5,10-12H2,1H3/b18-14-. The number of anilines is 1. The van der Waals surface area contributed by atoms with Crippen molar-refractivity contribution in [3.8, 4) is 0 Å². The van der Waals surface area contributed by atoms with Gasteiger partial charge in [-0.05, 0) is 49.2 Å². The van der Waals surface area contributed by atoms with Crippen molar-refractivity contribution in [1.82, 2.24) is 9.55 Å². The van der Waals surface area contributed by atoms with Gasteiger partial charge in [0.15, 0.2) is 0 Å². The van der Waals surface area contributed by atoms with Crippen LogP contribution in [0.15, 0.2) is 51.7 Å². The number of fused-ring (bicyclic) bond motifs is 2. The van der Waals surface area contributed by atoms with Crippen LogP contribution in [0.2, 0.25) is 0 Å². The van der Waals surface area contributed by atoms with E-state index in [2.05, 4.69) is 20.9 Å². The van der Waals surface area contributed by atoms with Crippen LogP contribution in [0.3, 0.4) is 0 Å². The second-order valence-corrected chi connectivity index (χ2v) is 8.11. The Kier molecular flexibility index (Phi) is 5.83. The number of carbonyl (C=O) groups is 1. The first-order chi connectivity index (χ1) is 14.5. The Balaban J connectivity index is 1.93. The fourth-order valence-corrected chi connectivity index (χ4v) is 4.14. The van der Waals surface area contributed by atoms with Crippen molar-refractivity contribution in [2.24, 2.45) is 0 Å². The number of rotatable bonds is 6. The lowest BCUT2D eigenvalue weighted by Crippen LogP contribution is -2.27. The number of carbonyl (C=O) groups excluding carboxylic acids is 1. The molecule has 3 aromatic rings. The summed E-state index contributed by atoms with van der Waals surface area (Å²) in [6, 6.07) is 12.9. The third-order valence-electron chi connectivity index (χ3n) is 5.17. The van der Waals surface area contributed by atoms with Gasteiger partial charge < -0.3 is 10.0 Å². The molecule has 0 unspecified atom stereocenters. The molecular formula is C23H22BrN3O3. The third-order valence-corrected chi connectivity index (χ3v) is 5.66. The normalized spacial score (nSPS) is 14.7. The Morgan fingerprint density at radius 3 is 2.70 bits per heavy atom. The highest BCUT2D eigenvalue weighted by molar-refractivity contribution is 9.10. The van der Waals surface area contributed by atoms with Gasteiger partial charge >= 0.3 is 0 Å². The van der Waals surface area contributed by atoms with Gasteiger partial charge in [-0.1, -0.05) is 35.0 Å². The molecule has 1 aliphatic heterocycles. The van der Waals surface area contributed by atoms with Gasteiger partial charge in [0, 0.05) is 29.7 Å². The molecule has 2 heterocycles. The van der Waals surface area contributed by atoms with Crippen LogP contribution < -0.4 is 10.5 Å². The predicted octanol–water partition coefficient (Wildman–Crippen LogP) is 3.84. The Bertz CT molecular complexity index is 1220. The van der Waals surface area contributed by atoms with Crippen LogP contribution >= 0.6 is 15.9 Å². The molecule has 1 aromatic heterocycles. The molecule has 154 valence electrons. The highest BCUT2D eigenvalue weighted by Gasteiger charge is 2.32. The molecule has 0 atom stereocenters. The molecule has 1 aliphatic rings. The molecule has 0 spiro atoms. The topological polar surface area (TPSA) is 75.4 Å². The monoisotopic (exact) mass is 467 g/mol. The summed E-state index contributed by atoms with van der Waals surface area (Å²) in [6.45, 7) is 2.94. The minimum absolute atomic E-state index is 0.0335. The average molecular weight is 468 g/mol. The van der Waals surface area contributed by atoms with Crippen LogP contribution in [0.5, 0.6) is 0 Å². The zero-order valence-corrected chi connectivity index (χ0v) is 18.2. The third kappa shape index (κ3) is 3.59. The molecule has 4 rings (SSSR count). The molecule has 2 aromatic carbocycles. The minimum Gasteiger partial charge on any atom is -0.396 e. The second-order valence-electron chi connectivity index (χ2n) is 7.20. The molecule has 7 heteroatoms. The Hall–Kier alpha value is -2.77. The summed E-state index contributed by atoms with van der Waals surface area (Å²) in [5.74, 6) is 0.320. The van der Waals surface area contributed by atoms with E-state index in [0.29, 0.717) is 41.8 Å². The summed E-state index contributed by atoms with van der Waals surface area (Å²) in [7, 11) is 0. The first kappa shape index (κ1) is 20.5. The van der Waals surface area contributed by atoms with Gasteiger partial charge in [-0.15, -0.1) is 0 Å². The van der Waals surface area contributed by atoms with E-state index < -0.39 is 0 Å². The summed E-state index contributed by atoms with van der Waals surface area (Å²) in [5, 5.41) is 9.81. The molecule has 0 saturated heterocycles. The summed E-state index contributed by atoms with van der Waals surface area (Å²) < 4.78 is 2.42. The number of nitrogens with zero attached hydrogens (tertiary/aromatic N) is 3. The Labute approximate surface area is 182 Å². The van der Waals surface area contributed by atoms with Gasteiger partial charge in [-0.25, -0.2) is 4.98 Å². The SMILES string of the molecule is CCCN1C(=O)/C(=C\c2nc3ccccc3c(=O)n2CCCO)c2cc(Br)ccc21. The molecule has 6 nitrogen and oxygen atoms in total. The van der Waals surface area contributed by atoms with E-state index in [0.717, 1.165) is 22.1 Å². The van der Waals surface area contributed by atoms with E-state index in [-0.39, 0.29) is 18.1 Å². The van der Waals surface area contributed by atoms with E-state index in [1.807, 2.05) is 31.2 Å². The van der Waals surface area contributed by atoms with E-state index in [1.54, 1.807) is 33.7 Å². The first-order valence-electron chi connectivity index (χ1n) is 9.99. The number of halogens is 1. The number of aromatic nitrogens is 2. The lowest BCUT2D eigenvalue weighted by atomic mass is 10.1. The number of hydrogen-bond donors (Lipinski definition) is 1. The summed E-state index contributed by atoms with van der Waals surface area (Å²) in [4.78, 5) is 32.8. The smallest absolute Gasteiger partial charge is 0.261 e. The number of amides is 1. The van der Waals surface area contributed by atoms with E-state index in [4.69, 9.17) is 0 Å². The first-order valence-corrected chi connectivity index (χ1v) is 10.8. The molecule has 1 N–H and O–H groups in total. The number of aliphatic hydroxyl groups is 1. The molecule has 0 bridgehead atoms. The van der Waals surface area contributed by atoms with Gasteiger partial charge in [-0.3, -0.25) is 14.2 Å². The van der Waals surface area contributed by atoms with Crippen LogP contribution in [-0.2, 0) is 11.3 Å². The molecule has 0 aliphatic carbocycles. The second kappa shape index (κ2) is 8.53. The zero-order chi connectivity index (χ0) is 21.3. The van der Waals surface area contributed by atoms with Gasteiger partial charge in [0.2, 0.25) is 0 Å². The van der Waals surface area contributed by atoms with E-state index in [9.17, 15) is 14.7 Å². The summed E-state index contributed by atoms with van der Waals surface area (Å²) in [5.41, 5.74) is 2.60. The van der Waals surface area contributed by atoms with Crippen LogP contribution in [-0.4, -0.2) is 33.7 Å². The minimum atomic E-state index is -0.175. The van der Waals surface area contributed by atoms with Crippen LogP contribution in [0.1, 0.15) is 31.2 Å². The maximum absolute atomic E-state index is 13.2. The molecule has 0 radical (unpaired) electrons. The maximum atomic E-state index is 13.2. The highest BCUT2D eigenvalue weighted by Crippen LogP contribution is 2.39. The Morgan fingerprint density at radius 2 is 1.93 bits per heavy atom. The van der Waals surface area contributed by atoms with Crippen molar-refractivity contribution in [2.75, 3.05) is 18.1 Å². The number of benzene rings is 2. The summed E-state index contributed by atoms with van der Waals surface area (Å²) in [6.07, 6.45) is 2.96. The fraction of sp³-hybridized carbons (Fsp3) is 0.261. The largest absolute Gasteiger partial charge is 0.396 e. The fourth-order valence-electron chi connectivity index (χ4n) is 3.78. The number of aliphatic hydroxyl groups excluding tert-OH is 1. The van der Waals surface area contributed by atoms with Crippen LogP contribution in [0, 0.1) is 0 Å². The quantitative estimate of drug-likeness (QED) is 0.558. The van der Waals surface area contributed by atoms with Crippen molar-refractivity contribution >= 4 is 50.1 Å². The van der Waals surface area contributed by atoms with Gasteiger partial charge in [-0.2, -0.15) is 0 Å². The molecular weight excluding hydrogens is 446 g/mol. The summed E-state index contributed by atoms with van der Waals surface area (Å²) >= 11 is 3.49. The van der Waals surface area contributed by atoms with Crippen molar-refractivity contribution in [2.45, 2.75) is 26.3 Å². The average Bonchev–Trinajstić information content (AvgIpc) is 2.99. The lowest BCUT2D eigenvalue weighted by Gasteiger charge is -2.15. The van der Waals surface area contributed by atoms with Crippen molar-refractivity contribution < 1.29 is 9.90 Å². The lowest BCUT2D eigenvalue weighted by molar-refractivity contribution is -0.113. The molecule has 30 heavy (non-hydrogen) atoms. The molecule has 0 saturated carbocycles. The van der Waals surface area contributed by atoms with E-state index >= 15 is 0 Å². The molecule has 0 fully saturated rings. The van der Waals surface area contributed by atoms with Crippen molar-refractivity contribution in [3.05, 3.63) is 68.7 Å². The predicted molar refractivity (Wildman–Crippen MR) is 122 cm³/mol. The van der Waals surface area contributed by atoms with E-state index in [1.165, 1.54) is 0 Å².